The summed E-state index contributed by atoms with van der Waals surface area (Å²) >= 11 is 0. The Morgan fingerprint density at radius 1 is 1.14 bits per heavy atom. The molecule has 0 aliphatic carbocycles. The van der Waals surface area contributed by atoms with Crippen LogP contribution in [0, 0.1) is 17.5 Å². The lowest BCUT2D eigenvalue weighted by Crippen LogP contribution is -2.12. The van der Waals surface area contributed by atoms with E-state index in [-0.39, 0.29) is 5.69 Å². The Morgan fingerprint density at radius 3 is 2.76 bits per heavy atom. The highest BCUT2D eigenvalue weighted by Gasteiger charge is 2.16. The molecule has 1 aliphatic rings. The molecule has 0 saturated carbocycles. The second-order valence-electron chi connectivity index (χ2n) is 5.24. The molecule has 0 radical (unpaired) electrons. The standard InChI is InChI=1S/C16H15F3N2/c1-21-5-4-11-6-10(2-3-15(11)21)9-20-14-8-12(17)7-13(18)16(14)19/h2-3,6-8,20H,4-5,9H2,1H3. The number of likely N-dealkylation sites (N-methyl/N-ethyl adjacent to an activating group) is 1. The minimum Gasteiger partial charge on any atom is -0.378 e. The smallest absolute Gasteiger partial charge is 0.182 e. The molecule has 3 rings (SSSR count). The average molecular weight is 292 g/mol. The van der Waals surface area contributed by atoms with Gasteiger partial charge in [0.05, 0.1) is 5.69 Å². The van der Waals surface area contributed by atoms with Crippen molar-refractivity contribution < 1.29 is 13.2 Å². The third-order valence-electron chi connectivity index (χ3n) is 3.75. The van der Waals surface area contributed by atoms with Gasteiger partial charge in [0.2, 0.25) is 0 Å². The first kappa shape index (κ1) is 13.8. The minimum absolute atomic E-state index is 0.162. The van der Waals surface area contributed by atoms with Crippen molar-refractivity contribution in [3.05, 3.63) is 58.9 Å². The number of anilines is 2. The zero-order valence-corrected chi connectivity index (χ0v) is 11.6. The Bertz CT molecular complexity index is 685. The van der Waals surface area contributed by atoms with E-state index >= 15 is 0 Å². The van der Waals surface area contributed by atoms with Crippen molar-refractivity contribution in [2.75, 3.05) is 23.8 Å². The van der Waals surface area contributed by atoms with Gasteiger partial charge in [0.1, 0.15) is 5.82 Å². The molecule has 0 spiro atoms. The summed E-state index contributed by atoms with van der Waals surface area (Å²) in [5.74, 6) is -3.04. The maximum absolute atomic E-state index is 13.5. The quantitative estimate of drug-likeness (QED) is 0.868. The molecule has 2 aromatic carbocycles. The fraction of sp³-hybridized carbons (Fsp3) is 0.250. The summed E-state index contributed by atoms with van der Waals surface area (Å²) in [5, 5.41) is 2.74. The summed E-state index contributed by atoms with van der Waals surface area (Å²) in [4.78, 5) is 2.17. The SMILES string of the molecule is CN1CCc2cc(CNc3cc(F)cc(F)c3F)ccc21. The molecule has 1 aliphatic heterocycles. The van der Waals surface area contributed by atoms with Crippen molar-refractivity contribution in [3.63, 3.8) is 0 Å². The maximum Gasteiger partial charge on any atom is 0.182 e. The number of hydrogen-bond donors (Lipinski definition) is 1. The van der Waals surface area contributed by atoms with Crippen molar-refractivity contribution in [1.29, 1.82) is 0 Å². The molecule has 5 heteroatoms. The predicted molar refractivity (Wildman–Crippen MR) is 77.1 cm³/mol. The lowest BCUT2D eigenvalue weighted by molar-refractivity contribution is 0.497. The van der Waals surface area contributed by atoms with E-state index in [0.29, 0.717) is 12.6 Å². The Balaban J connectivity index is 1.77. The van der Waals surface area contributed by atoms with E-state index in [1.165, 1.54) is 11.3 Å². The molecule has 0 fully saturated rings. The van der Waals surface area contributed by atoms with Gasteiger partial charge < -0.3 is 10.2 Å². The van der Waals surface area contributed by atoms with Crippen molar-refractivity contribution in [2.45, 2.75) is 13.0 Å². The van der Waals surface area contributed by atoms with E-state index < -0.39 is 17.5 Å². The van der Waals surface area contributed by atoms with Gasteiger partial charge in [-0.05, 0) is 23.6 Å². The van der Waals surface area contributed by atoms with Crippen LogP contribution in [0.2, 0.25) is 0 Å². The summed E-state index contributed by atoms with van der Waals surface area (Å²) < 4.78 is 39.8. The molecule has 2 aromatic rings. The second-order valence-corrected chi connectivity index (χ2v) is 5.24. The van der Waals surface area contributed by atoms with Crippen LogP contribution in [0.5, 0.6) is 0 Å². The molecular formula is C16H15F3N2. The van der Waals surface area contributed by atoms with Crippen LogP contribution >= 0.6 is 0 Å². The van der Waals surface area contributed by atoms with Crippen LogP contribution in [0.4, 0.5) is 24.5 Å². The van der Waals surface area contributed by atoms with E-state index in [1.807, 2.05) is 25.2 Å². The molecule has 1 N–H and O–H groups in total. The van der Waals surface area contributed by atoms with Crippen LogP contribution < -0.4 is 10.2 Å². The number of rotatable bonds is 3. The van der Waals surface area contributed by atoms with Crippen molar-refractivity contribution in [1.82, 2.24) is 0 Å². The third kappa shape index (κ3) is 2.68. The molecule has 1 heterocycles. The molecule has 21 heavy (non-hydrogen) atoms. The Labute approximate surface area is 121 Å². The van der Waals surface area contributed by atoms with Gasteiger partial charge in [0.25, 0.3) is 0 Å². The molecule has 0 unspecified atom stereocenters. The fourth-order valence-electron chi connectivity index (χ4n) is 2.61. The third-order valence-corrected chi connectivity index (χ3v) is 3.75. The topological polar surface area (TPSA) is 15.3 Å². The Kier molecular flexibility index (Phi) is 3.49. The highest BCUT2D eigenvalue weighted by atomic mass is 19.2. The van der Waals surface area contributed by atoms with Crippen LogP contribution in [0.3, 0.4) is 0 Å². The van der Waals surface area contributed by atoms with Gasteiger partial charge in [-0.1, -0.05) is 12.1 Å². The largest absolute Gasteiger partial charge is 0.378 e. The summed E-state index contributed by atoms with van der Waals surface area (Å²) in [6.45, 7) is 1.30. The summed E-state index contributed by atoms with van der Waals surface area (Å²) in [7, 11) is 2.04. The van der Waals surface area contributed by atoms with Crippen LogP contribution in [-0.2, 0) is 13.0 Å². The van der Waals surface area contributed by atoms with Crippen molar-refractivity contribution >= 4 is 11.4 Å². The zero-order chi connectivity index (χ0) is 15.0. The van der Waals surface area contributed by atoms with E-state index in [1.54, 1.807) is 0 Å². The van der Waals surface area contributed by atoms with E-state index in [0.717, 1.165) is 24.6 Å². The van der Waals surface area contributed by atoms with Gasteiger partial charge in [-0.25, -0.2) is 13.2 Å². The molecule has 0 bridgehead atoms. The first-order chi connectivity index (χ1) is 10.0. The van der Waals surface area contributed by atoms with Gasteiger partial charge in [-0.3, -0.25) is 0 Å². The lowest BCUT2D eigenvalue weighted by atomic mass is 10.1. The van der Waals surface area contributed by atoms with E-state index in [2.05, 4.69) is 10.2 Å². The molecule has 2 nitrogen and oxygen atoms in total. The molecular weight excluding hydrogens is 277 g/mol. The normalized spacial score (nSPS) is 13.4. The van der Waals surface area contributed by atoms with Crippen molar-refractivity contribution in [2.24, 2.45) is 0 Å². The van der Waals surface area contributed by atoms with Crippen LogP contribution in [-0.4, -0.2) is 13.6 Å². The van der Waals surface area contributed by atoms with Crippen LogP contribution in [0.1, 0.15) is 11.1 Å². The first-order valence-corrected chi connectivity index (χ1v) is 6.76. The van der Waals surface area contributed by atoms with E-state index in [4.69, 9.17) is 0 Å². The number of benzene rings is 2. The second kappa shape index (κ2) is 5.31. The maximum atomic E-state index is 13.5. The highest BCUT2D eigenvalue weighted by Crippen LogP contribution is 2.28. The van der Waals surface area contributed by atoms with Crippen molar-refractivity contribution in [3.8, 4) is 0 Å². The number of halogens is 3. The zero-order valence-electron chi connectivity index (χ0n) is 11.6. The number of nitrogens with zero attached hydrogens (tertiary/aromatic N) is 1. The molecule has 0 saturated heterocycles. The van der Waals surface area contributed by atoms with Crippen LogP contribution in [0.25, 0.3) is 0 Å². The van der Waals surface area contributed by atoms with Gasteiger partial charge >= 0.3 is 0 Å². The average Bonchev–Trinajstić information content (AvgIpc) is 2.82. The van der Waals surface area contributed by atoms with Gasteiger partial charge in [-0.15, -0.1) is 0 Å². The van der Waals surface area contributed by atoms with Gasteiger partial charge in [-0.2, -0.15) is 0 Å². The Morgan fingerprint density at radius 2 is 1.95 bits per heavy atom. The van der Waals surface area contributed by atoms with E-state index in [9.17, 15) is 13.2 Å². The monoisotopic (exact) mass is 292 g/mol. The molecule has 0 aromatic heterocycles. The number of nitrogens with one attached hydrogen (secondary N) is 1. The summed E-state index contributed by atoms with van der Waals surface area (Å²) in [6, 6.07) is 7.48. The van der Waals surface area contributed by atoms with Gasteiger partial charge in [0, 0.05) is 38.0 Å². The fourth-order valence-corrected chi connectivity index (χ4v) is 2.61. The van der Waals surface area contributed by atoms with Gasteiger partial charge in [0.15, 0.2) is 11.6 Å². The number of hydrogen-bond acceptors (Lipinski definition) is 2. The summed E-state index contributed by atoms with van der Waals surface area (Å²) in [5.41, 5.74) is 3.22. The lowest BCUT2D eigenvalue weighted by Gasteiger charge is -2.13. The first-order valence-electron chi connectivity index (χ1n) is 6.76. The molecule has 0 amide bonds. The number of fused-ring (bicyclic) bond motifs is 1. The summed E-state index contributed by atoms with van der Waals surface area (Å²) in [6.07, 6.45) is 0.975. The highest BCUT2D eigenvalue weighted by molar-refractivity contribution is 5.58. The Hall–Kier alpha value is -2.17. The van der Waals surface area contributed by atoms with Crippen LogP contribution in [0.15, 0.2) is 30.3 Å². The molecule has 0 atom stereocenters. The predicted octanol–water partition coefficient (Wildman–Crippen LogP) is 3.71. The minimum atomic E-state index is -1.19. The molecule has 110 valence electrons.